The normalized spacial score (nSPS) is 13.8. The van der Waals surface area contributed by atoms with Crippen LogP contribution in [-0.4, -0.2) is 30.3 Å². The number of nitrogens with one attached hydrogen (secondary N) is 1. The number of carboxylic acid groups (broad SMARTS) is 1. The van der Waals surface area contributed by atoms with Gasteiger partial charge in [-0.15, -0.1) is 0 Å². The molecule has 20 heavy (non-hydrogen) atoms. The lowest BCUT2D eigenvalue weighted by atomic mass is 9.96. The number of aryl methyl sites for hydroxylation is 1. The number of aliphatic carboxylic acids is 1. The minimum Gasteiger partial charge on any atom is -0.494 e. The fraction of sp³-hybridized carbons (Fsp3) is 0.562. The van der Waals surface area contributed by atoms with Crippen LogP contribution >= 0.6 is 0 Å². The van der Waals surface area contributed by atoms with E-state index in [9.17, 15) is 4.79 Å². The molecule has 0 aliphatic heterocycles. The maximum Gasteiger partial charge on any atom is 0.323 e. The Kier molecular flexibility index (Phi) is 6.52. The van der Waals surface area contributed by atoms with Crippen molar-refractivity contribution in [3.05, 3.63) is 29.8 Å². The minimum absolute atomic E-state index is 0.525. The molecule has 0 spiro atoms. The summed E-state index contributed by atoms with van der Waals surface area (Å²) >= 11 is 0. The number of hydrogen-bond acceptors (Lipinski definition) is 3. The molecule has 1 rings (SSSR count). The van der Waals surface area contributed by atoms with Gasteiger partial charge in [-0.25, -0.2) is 0 Å². The SMILES string of the molecule is CCCc1ccc(OCCCC(C)(NC)C(=O)O)cc1. The van der Waals surface area contributed by atoms with E-state index in [1.54, 1.807) is 14.0 Å². The molecule has 0 heterocycles. The molecular weight excluding hydrogens is 254 g/mol. The maximum atomic E-state index is 11.1. The fourth-order valence-electron chi connectivity index (χ4n) is 2.00. The van der Waals surface area contributed by atoms with E-state index in [4.69, 9.17) is 9.84 Å². The van der Waals surface area contributed by atoms with Crippen molar-refractivity contribution in [2.75, 3.05) is 13.7 Å². The average Bonchev–Trinajstić information content (AvgIpc) is 2.45. The van der Waals surface area contributed by atoms with E-state index in [-0.39, 0.29) is 0 Å². The predicted molar refractivity (Wildman–Crippen MR) is 80.3 cm³/mol. The monoisotopic (exact) mass is 279 g/mol. The third kappa shape index (κ3) is 4.85. The van der Waals surface area contributed by atoms with Gasteiger partial charge in [-0.1, -0.05) is 25.5 Å². The van der Waals surface area contributed by atoms with Gasteiger partial charge in [0.05, 0.1) is 6.61 Å². The first-order chi connectivity index (χ1) is 9.51. The van der Waals surface area contributed by atoms with Gasteiger partial charge in [0.25, 0.3) is 0 Å². The summed E-state index contributed by atoms with van der Waals surface area (Å²) in [6.07, 6.45) is 3.45. The number of carbonyl (C=O) groups is 1. The first kappa shape index (κ1) is 16.5. The zero-order chi connectivity index (χ0) is 15.0. The van der Waals surface area contributed by atoms with Crippen molar-refractivity contribution in [1.82, 2.24) is 5.32 Å². The lowest BCUT2D eigenvalue weighted by Gasteiger charge is -2.23. The number of ether oxygens (including phenoxy) is 1. The van der Waals surface area contributed by atoms with Crippen LogP contribution in [0.25, 0.3) is 0 Å². The zero-order valence-corrected chi connectivity index (χ0v) is 12.6. The van der Waals surface area contributed by atoms with E-state index in [1.165, 1.54) is 5.56 Å². The molecule has 112 valence electrons. The summed E-state index contributed by atoms with van der Waals surface area (Å²) in [4.78, 5) is 11.1. The molecule has 0 amide bonds. The average molecular weight is 279 g/mol. The highest BCUT2D eigenvalue weighted by Crippen LogP contribution is 2.16. The van der Waals surface area contributed by atoms with Crippen molar-refractivity contribution in [1.29, 1.82) is 0 Å². The molecule has 2 N–H and O–H groups in total. The summed E-state index contributed by atoms with van der Waals surface area (Å²) in [5.74, 6) is 0.00950. The molecule has 4 nitrogen and oxygen atoms in total. The van der Waals surface area contributed by atoms with E-state index in [1.807, 2.05) is 12.1 Å². The lowest BCUT2D eigenvalue weighted by Crippen LogP contribution is -2.47. The van der Waals surface area contributed by atoms with Crippen molar-refractivity contribution in [3.63, 3.8) is 0 Å². The molecule has 0 bridgehead atoms. The Morgan fingerprint density at radius 2 is 2.00 bits per heavy atom. The third-order valence-electron chi connectivity index (χ3n) is 3.58. The second-order valence-electron chi connectivity index (χ2n) is 5.23. The molecule has 1 aromatic carbocycles. The number of likely N-dealkylation sites (N-methyl/N-ethyl adjacent to an activating group) is 1. The zero-order valence-electron chi connectivity index (χ0n) is 12.6. The van der Waals surface area contributed by atoms with Gasteiger partial charge in [-0.2, -0.15) is 0 Å². The smallest absolute Gasteiger partial charge is 0.323 e. The van der Waals surface area contributed by atoms with Crippen LogP contribution in [0.2, 0.25) is 0 Å². The Balaban J connectivity index is 2.35. The second-order valence-corrected chi connectivity index (χ2v) is 5.23. The summed E-state index contributed by atoms with van der Waals surface area (Å²) < 4.78 is 5.64. The van der Waals surface area contributed by atoms with Crippen molar-refractivity contribution < 1.29 is 14.6 Å². The van der Waals surface area contributed by atoms with Crippen molar-refractivity contribution in [2.45, 2.75) is 45.1 Å². The van der Waals surface area contributed by atoms with Crippen molar-refractivity contribution in [2.24, 2.45) is 0 Å². The standard InChI is InChI=1S/C16H25NO3/c1-4-6-13-7-9-14(10-8-13)20-12-5-11-16(2,17-3)15(18)19/h7-10,17H,4-6,11-12H2,1-3H3,(H,18,19). The van der Waals surface area contributed by atoms with Gasteiger partial charge < -0.3 is 15.2 Å². The Hall–Kier alpha value is -1.55. The van der Waals surface area contributed by atoms with Gasteiger partial charge in [0.1, 0.15) is 11.3 Å². The van der Waals surface area contributed by atoms with Gasteiger partial charge >= 0.3 is 5.97 Å². The summed E-state index contributed by atoms with van der Waals surface area (Å²) in [6.45, 7) is 4.37. The summed E-state index contributed by atoms with van der Waals surface area (Å²) in [5, 5.41) is 12.0. The molecule has 4 heteroatoms. The largest absolute Gasteiger partial charge is 0.494 e. The fourth-order valence-corrected chi connectivity index (χ4v) is 2.00. The van der Waals surface area contributed by atoms with Crippen LogP contribution in [0.4, 0.5) is 0 Å². The van der Waals surface area contributed by atoms with Gasteiger partial charge in [-0.3, -0.25) is 4.79 Å². The highest BCUT2D eigenvalue weighted by atomic mass is 16.5. The highest BCUT2D eigenvalue weighted by Gasteiger charge is 2.30. The molecule has 1 unspecified atom stereocenters. The lowest BCUT2D eigenvalue weighted by molar-refractivity contribution is -0.144. The quantitative estimate of drug-likeness (QED) is 0.682. The maximum absolute atomic E-state index is 11.1. The molecule has 0 radical (unpaired) electrons. The highest BCUT2D eigenvalue weighted by molar-refractivity contribution is 5.78. The van der Waals surface area contributed by atoms with E-state index >= 15 is 0 Å². The molecule has 0 saturated carbocycles. The van der Waals surface area contributed by atoms with Crippen molar-refractivity contribution in [3.8, 4) is 5.75 Å². The molecule has 0 aliphatic carbocycles. The molecular formula is C16H25NO3. The Labute approximate surface area is 121 Å². The van der Waals surface area contributed by atoms with Crippen LogP contribution in [0.15, 0.2) is 24.3 Å². The Morgan fingerprint density at radius 3 is 2.50 bits per heavy atom. The summed E-state index contributed by atoms with van der Waals surface area (Å²) in [5.41, 5.74) is 0.433. The van der Waals surface area contributed by atoms with Crippen LogP contribution in [0.3, 0.4) is 0 Å². The van der Waals surface area contributed by atoms with Crippen LogP contribution in [0.5, 0.6) is 5.75 Å². The van der Waals surface area contributed by atoms with E-state index in [2.05, 4.69) is 24.4 Å². The topological polar surface area (TPSA) is 58.6 Å². The molecule has 0 fully saturated rings. The molecule has 1 aromatic rings. The first-order valence-electron chi connectivity index (χ1n) is 7.16. The van der Waals surface area contributed by atoms with E-state index in [0.29, 0.717) is 19.4 Å². The number of carboxylic acids is 1. The Morgan fingerprint density at radius 1 is 1.35 bits per heavy atom. The minimum atomic E-state index is -0.881. The first-order valence-corrected chi connectivity index (χ1v) is 7.16. The third-order valence-corrected chi connectivity index (χ3v) is 3.58. The molecule has 1 atom stereocenters. The molecule has 0 saturated heterocycles. The van der Waals surface area contributed by atoms with Crippen LogP contribution in [0, 0.1) is 0 Å². The molecule has 0 aliphatic rings. The van der Waals surface area contributed by atoms with Gasteiger partial charge in [0, 0.05) is 0 Å². The van der Waals surface area contributed by atoms with Crippen LogP contribution < -0.4 is 10.1 Å². The number of rotatable bonds is 9. The van der Waals surface area contributed by atoms with E-state index < -0.39 is 11.5 Å². The summed E-state index contributed by atoms with van der Waals surface area (Å²) in [7, 11) is 1.67. The number of benzene rings is 1. The van der Waals surface area contributed by atoms with E-state index in [0.717, 1.165) is 18.6 Å². The van der Waals surface area contributed by atoms with Gasteiger partial charge in [-0.05, 0) is 50.9 Å². The number of hydrogen-bond donors (Lipinski definition) is 2. The van der Waals surface area contributed by atoms with Gasteiger partial charge in [0.15, 0.2) is 0 Å². The van der Waals surface area contributed by atoms with Gasteiger partial charge in [0.2, 0.25) is 0 Å². The van der Waals surface area contributed by atoms with Crippen LogP contribution in [-0.2, 0) is 11.2 Å². The van der Waals surface area contributed by atoms with Crippen LogP contribution in [0.1, 0.15) is 38.7 Å². The Bertz CT molecular complexity index is 416. The summed E-state index contributed by atoms with van der Waals surface area (Å²) in [6, 6.07) is 8.10. The molecule has 0 aromatic heterocycles. The predicted octanol–water partition coefficient (Wildman–Crippen LogP) is 2.86. The second kappa shape index (κ2) is 7.90. The van der Waals surface area contributed by atoms with Crippen molar-refractivity contribution >= 4 is 5.97 Å².